The summed E-state index contributed by atoms with van der Waals surface area (Å²) >= 11 is 5.95. The second-order valence-corrected chi connectivity index (χ2v) is 6.71. The van der Waals surface area contributed by atoms with Crippen LogP contribution in [0.3, 0.4) is 0 Å². The number of nitrogen functional groups attached to an aromatic ring is 1. The molecule has 0 radical (unpaired) electrons. The average Bonchev–Trinajstić information content (AvgIpc) is 2.67. The SMILES string of the molecule is CCC1=CC(Cl)=CN(c2ccc(F)c(C#Cc3cnc(N)nc3)c2F)C1C(F)(F)F. The van der Waals surface area contributed by atoms with E-state index in [4.69, 9.17) is 17.3 Å². The first-order valence-electron chi connectivity index (χ1n) is 8.62. The van der Waals surface area contributed by atoms with Gasteiger partial charge in [0.2, 0.25) is 5.95 Å². The van der Waals surface area contributed by atoms with Crippen molar-refractivity contribution in [3.63, 3.8) is 0 Å². The summed E-state index contributed by atoms with van der Waals surface area (Å²) in [7, 11) is 0. The van der Waals surface area contributed by atoms with E-state index in [-0.39, 0.29) is 28.5 Å². The molecule has 30 heavy (non-hydrogen) atoms. The van der Waals surface area contributed by atoms with Gasteiger partial charge in [0.1, 0.15) is 5.82 Å². The molecule has 1 unspecified atom stereocenters. The van der Waals surface area contributed by atoms with E-state index in [0.717, 1.165) is 18.3 Å². The lowest BCUT2D eigenvalue weighted by Gasteiger charge is -2.36. The Kier molecular flexibility index (Phi) is 5.99. The zero-order valence-corrected chi connectivity index (χ0v) is 16.2. The second kappa shape index (κ2) is 8.32. The monoisotopic (exact) mass is 440 g/mol. The van der Waals surface area contributed by atoms with Gasteiger partial charge in [-0.15, -0.1) is 0 Å². The first-order chi connectivity index (χ1) is 14.1. The van der Waals surface area contributed by atoms with E-state index in [1.165, 1.54) is 25.4 Å². The van der Waals surface area contributed by atoms with Gasteiger partial charge in [0.05, 0.1) is 21.8 Å². The Morgan fingerprint density at radius 2 is 1.83 bits per heavy atom. The highest BCUT2D eigenvalue weighted by Crippen LogP contribution is 2.40. The number of alkyl halides is 3. The molecule has 0 spiro atoms. The van der Waals surface area contributed by atoms with Crippen LogP contribution in [0.2, 0.25) is 0 Å². The molecule has 0 saturated heterocycles. The van der Waals surface area contributed by atoms with Gasteiger partial charge in [-0.25, -0.2) is 18.7 Å². The third-order valence-corrected chi connectivity index (χ3v) is 4.49. The van der Waals surface area contributed by atoms with Gasteiger partial charge in [0.15, 0.2) is 11.9 Å². The molecule has 1 atom stereocenters. The first kappa shape index (κ1) is 21.6. The first-order valence-corrected chi connectivity index (χ1v) is 9.00. The number of benzene rings is 1. The van der Waals surface area contributed by atoms with Crippen LogP contribution in [0.15, 0.2) is 47.4 Å². The number of hydrogen-bond acceptors (Lipinski definition) is 4. The number of hydrogen-bond donors (Lipinski definition) is 1. The summed E-state index contributed by atoms with van der Waals surface area (Å²) in [5, 5.41) is -0.0114. The average molecular weight is 441 g/mol. The highest BCUT2D eigenvalue weighted by atomic mass is 35.5. The van der Waals surface area contributed by atoms with E-state index in [9.17, 15) is 17.6 Å². The maximum atomic E-state index is 15.1. The largest absolute Gasteiger partial charge is 0.413 e. The van der Waals surface area contributed by atoms with E-state index < -0.39 is 35.1 Å². The van der Waals surface area contributed by atoms with Gasteiger partial charge in [-0.05, 0) is 30.2 Å². The predicted molar refractivity (Wildman–Crippen MR) is 103 cm³/mol. The molecular formula is C20H14ClF5N4. The van der Waals surface area contributed by atoms with Crippen molar-refractivity contribution in [1.29, 1.82) is 0 Å². The number of rotatable bonds is 2. The van der Waals surface area contributed by atoms with Crippen molar-refractivity contribution >= 4 is 23.2 Å². The van der Waals surface area contributed by atoms with Crippen LogP contribution < -0.4 is 10.6 Å². The normalized spacial score (nSPS) is 16.5. The van der Waals surface area contributed by atoms with Crippen molar-refractivity contribution in [2.45, 2.75) is 25.6 Å². The van der Waals surface area contributed by atoms with Gasteiger partial charge in [-0.1, -0.05) is 30.4 Å². The van der Waals surface area contributed by atoms with Crippen LogP contribution in [0.4, 0.5) is 33.6 Å². The molecule has 10 heteroatoms. The Morgan fingerprint density at radius 3 is 2.43 bits per heavy atom. The zero-order chi connectivity index (χ0) is 22.1. The van der Waals surface area contributed by atoms with Crippen LogP contribution >= 0.6 is 11.6 Å². The molecule has 4 nitrogen and oxygen atoms in total. The molecule has 0 amide bonds. The van der Waals surface area contributed by atoms with Gasteiger partial charge >= 0.3 is 6.18 Å². The molecule has 0 saturated carbocycles. The predicted octanol–water partition coefficient (Wildman–Crippen LogP) is 4.90. The van der Waals surface area contributed by atoms with Crippen molar-refractivity contribution < 1.29 is 22.0 Å². The minimum Gasteiger partial charge on any atom is -0.368 e. The Balaban J connectivity index is 2.10. The minimum absolute atomic E-state index is 0.00773. The van der Waals surface area contributed by atoms with E-state index in [1.54, 1.807) is 0 Å². The molecule has 1 aliphatic rings. The molecule has 2 N–H and O–H groups in total. The summed E-state index contributed by atoms with van der Waals surface area (Å²) in [6.07, 6.45) is -0.0266. The quantitative estimate of drug-likeness (QED) is 0.533. The lowest BCUT2D eigenvalue weighted by molar-refractivity contribution is -0.139. The van der Waals surface area contributed by atoms with Crippen LogP contribution in [0.5, 0.6) is 0 Å². The third-order valence-electron chi connectivity index (χ3n) is 4.29. The highest BCUT2D eigenvalue weighted by molar-refractivity contribution is 6.31. The fourth-order valence-electron chi connectivity index (χ4n) is 2.94. The van der Waals surface area contributed by atoms with Gasteiger partial charge in [-0.2, -0.15) is 13.2 Å². The van der Waals surface area contributed by atoms with Crippen molar-refractivity contribution in [1.82, 2.24) is 9.97 Å². The molecule has 156 valence electrons. The number of anilines is 2. The van der Waals surface area contributed by atoms with Gasteiger partial charge in [-0.3, -0.25) is 0 Å². The number of allylic oxidation sites excluding steroid dienone is 2. The summed E-state index contributed by atoms with van der Waals surface area (Å²) in [5.41, 5.74) is 4.33. The Labute approximate surface area is 173 Å². The van der Waals surface area contributed by atoms with E-state index in [1.807, 2.05) is 0 Å². The maximum Gasteiger partial charge on any atom is 0.413 e. The highest BCUT2D eigenvalue weighted by Gasteiger charge is 2.47. The fourth-order valence-corrected chi connectivity index (χ4v) is 3.19. The van der Waals surface area contributed by atoms with Crippen LogP contribution in [-0.2, 0) is 0 Å². The molecule has 3 rings (SSSR count). The Bertz CT molecular complexity index is 1080. The van der Waals surface area contributed by atoms with Gasteiger partial charge < -0.3 is 10.6 Å². The van der Waals surface area contributed by atoms with Gasteiger partial charge in [0.25, 0.3) is 0 Å². The fraction of sp³-hybridized carbons (Fsp3) is 0.200. The van der Waals surface area contributed by atoms with E-state index >= 15 is 4.39 Å². The van der Waals surface area contributed by atoms with Gasteiger partial charge in [0, 0.05) is 18.6 Å². The molecule has 1 aliphatic heterocycles. The topological polar surface area (TPSA) is 55.0 Å². The molecule has 0 aliphatic carbocycles. The van der Waals surface area contributed by atoms with Crippen molar-refractivity contribution in [3.05, 3.63) is 70.2 Å². The van der Waals surface area contributed by atoms with Crippen molar-refractivity contribution in [2.24, 2.45) is 0 Å². The molecule has 2 heterocycles. The van der Waals surface area contributed by atoms with Crippen LogP contribution in [-0.4, -0.2) is 22.2 Å². The smallest absolute Gasteiger partial charge is 0.368 e. The molecular weight excluding hydrogens is 427 g/mol. The summed E-state index contributed by atoms with van der Waals surface area (Å²) in [4.78, 5) is 8.06. The third kappa shape index (κ3) is 4.39. The number of aromatic nitrogens is 2. The lowest BCUT2D eigenvalue weighted by Crippen LogP contribution is -2.46. The molecule has 0 fully saturated rings. The standard InChI is InChI=1S/C20H14ClF5N4/c1-2-12-7-13(21)10-30(18(12)20(24,25)26)16-6-5-15(22)14(17(16)23)4-3-11-8-28-19(27)29-9-11/h5-10,18H,2H2,1H3,(H2,27,28,29). The van der Waals surface area contributed by atoms with Crippen molar-refractivity contribution in [2.75, 3.05) is 10.6 Å². The summed E-state index contributed by atoms with van der Waals surface area (Å²) < 4.78 is 70.6. The lowest BCUT2D eigenvalue weighted by atomic mass is 9.98. The minimum atomic E-state index is -4.72. The second-order valence-electron chi connectivity index (χ2n) is 6.27. The van der Waals surface area contributed by atoms with Crippen LogP contribution in [0.1, 0.15) is 24.5 Å². The molecule has 0 bridgehead atoms. The molecule has 1 aromatic heterocycles. The maximum absolute atomic E-state index is 15.1. The summed E-state index contributed by atoms with van der Waals surface area (Å²) in [5.74, 6) is 2.48. The van der Waals surface area contributed by atoms with E-state index in [0.29, 0.717) is 4.90 Å². The zero-order valence-electron chi connectivity index (χ0n) is 15.4. The number of nitrogens with two attached hydrogens (primary N) is 1. The summed E-state index contributed by atoms with van der Waals surface area (Å²) in [6, 6.07) is -0.377. The number of nitrogens with zero attached hydrogens (tertiary/aromatic N) is 3. The van der Waals surface area contributed by atoms with E-state index in [2.05, 4.69) is 21.8 Å². The Morgan fingerprint density at radius 1 is 1.17 bits per heavy atom. The molecule has 1 aromatic carbocycles. The van der Waals surface area contributed by atoms with Crippen LogP contribution in [0.25, 0.3) is 0 Å². The van der Waals surface area contributed by atoms with Crippen LogP contribution in [0, 0.1) is 23.5 Å². The summed E-state index contributed by atoms with van der Waals surface area (Å²) in [6.45, 7) is 1.53. The number of halogens is 6. The Hall–Kier alpha value is -3.12. The van der Waals surface area contributed by atoms with Crippen molar-refractivity contribution in [3.8, 4) is 11.8 Å². The molecule has 2 aromatic rings.